The van der Waals surface area contributed by atoms with Crippen LogP contribution in [0.4, 0.5) is 5.69 Å². The van der Waals surface area contributed by atoms with Gasteiger partial charge in [-0.25, -0.2) is 0 Å². The van der Waals surface area contributed by atoms with Gasteiger partial charge in [0.2, 0.25) is 5.78 Å². The molecule has 0 bridgehead atoms. The summed E-state index contributed by atoms with van der Waals surface area (Å²) in [5.41, 5.74) is 7.56. The molecule has 0 unspecified atom stereocenters. The Morgan fingerprint density at radius 1 is 1.00 bits per heavy atom. The monoisotopic (exact) mass is 391 g/mol. The fourth-order valence-corrected chi connectivity index (χ4v) is 2.65. The van der Waals surface area contributed by atoms with Gasteiger partial charge in [0.1, 0.15) is 17.2 Å². The lowest BCUT2D eigenvalue weighted by Gasteiger charge is -2.09. The predicted octanol–water partition coefficient (Wildman–Crippen LogP) is 3.91. The molecule has 0 aliphatic rings. The van der Waals surface area contributed by atoms with Crippen LogP contribution in [0, 0.1) is 0 Å². The quantitative estimate of drug-likeness (QED) is 0.459. The van der Waals surface area contributed by atoms with Gasteiger partial charge >= 0.3 is 0 Å². The van der Waals surface area contributed by atoms with Crippen LogP contribution in [0.15, 0.2) is 40.9 Å². The molecule has 0 amide bonds. The lowest BCUT2D eigenvalue weighted by atomic mass is 10.1. The minimum absolute atomic E-state index is 0.222. The number of hydrogen-bond acceptors (Lipinski definition) is 5. The zero-order valence-electron chi connectivity index (χ0n) is 13.6. The summed E-state index contributed by atoms with van der Waals surface area (Å²) in [5.74, 6) is 1.41. The van der Waals surface area contributed by atoms with Crippen molar-refractivity contribution in [2.75, 3.05) is 27.1 Å². The van der Waals surface area contributed by atoms with Crippen LogP contribution in [0.25, 0.3) is 6.08 Å². The third-order valence-electron chi connectivity index (χ3n) is 3.42. The Kier molecular flexibility index (Phi) is 5.87. The largest absolute Gasteiger partial charge is 0.497 e. The molecule has 24 heavy (non-hydrogen) atoms. The zero-order chi connectivity index (χ0) is 17.7. The number of ether oxygens (including phenoxy) is 3. The lowest BCUT2D eigenvalue weighted by molar-refractivity contribution is 0.104. The van der Waals surface area contributed by atoms with Gasteiger partial charge in [0, 0.05) is 0 Å². The Labute approximate surface area is 149 Å². The second-order valence-electron chi connectivity index (χ2n) is 4.89. The normalized spacial score (nSPS) is 11.1. The summed E-state index contributed by atoms with van der Waals surface area (Å²) in [7, 11) is 4.61. The first-order valence-corrected chi connectivity index (χ1v) is 7.87. The highest BCUT2D eigenvalue weighted by molar-refractivity contribution is 9.12. The summed E-state index contributed by atoms with van der Waals surface area (Å²) in [6.45, 7) is 0. The fourth-order valence-electron chi connectivity index (χ4n) is 2.17. The lowest BCUT2D eigenvalue weighted by Crippen LogP contribution is -2.03. The minimum Gasteiger partial charge on any atom is -0.497 e. The molecule has 0 saturated heterocycles. The van der Waals surface area contributed by atoms with Gasteiger partial charge in [0.15, 0.2) is 0 Å². The average Bonchev–Trinajstić information content (AvgIpc) is 2.60. The van der Waals surface area contributed by atoms with Crippen molar-refractivity contribution in [3.8, 4) is 17.2 Å². The molecule has 0 saturated carbocycles. The van der Waals surface area contributed by atoms with E-state index in [0.29, 0.717) is 33.0 Å². The summed E-state index contributed by atoms with van der Waals surface area (Å²) >= 11 is 3.33. The second-order valence-corrected chi connectivity index (χ2v) is 5.74. The number of halogens is 1. The molecule has 0 atom stereocenters. The Balaban J connectivity index is 2.37. The highest BCUT2D eigenvalue weighted by atomic mass is 79.9. The van der Waals surface area contributed by atoms with E-state index in [2.05, 4.69) is 15.9 Å². The molecule has 0 fully saturated rings. The van der Waals surface area contributed by atoms with E-state index < -0.39 is 0 Å². The Hall–Kier alpha value is -2.47. The van der Waals surface area contributed by atoms with Crippen molar-refractivity contribution in [1.29, 1.82) is 0 Å². The van der Waals surface area contributed by atoms with E-state index in [1.165, 1.54) is 7.11 Å². The molecule has 2 aromatic rings. The molecule has 6 heteroatoms. The average molecular weight is 392 g/mol. The number of nitrogen functional groups attached to an aromatic ring is 1. The van der Waals surface area contributed by atoms with Crippen LogP contribution in [0.3, 0.4) is 0 Å². The van der Waals surface area contributed by atoms with Crippen molar-refractivity contribution < 1.29 is 19.0 Å². The number of carbonyl (C=O) groups excluding carboxylic acids is 1. The van der Waals surface area contributed by atoms with Gasteiger partial charge in [-0.15, -0.1) is 0 Å². The van der Waals surface area contributed by atoms with Gasteiger partial charge in [-0.2, -0.15) is 0 Å². The number of hydrogen-bond donors (Lipinski definition) is 1. The SMILES string of the molecule is COc1ccc(OC)c(C(=O)C(Br)=Cc2ccc(OC)c(N)c2)c1. The van der Waals surface area contributed by atoms with Crippen LogP contribution in [0.1, 0.15) is 15.9 Å². The number of nitrogens with two attached hydrogens (primary N) is 1. The van der Waals surface area contributed by atoms with Gasteiger partial charge in [-0.05, 0) is 57.9 Å². The van der Waals surface area contributed by atoms with Crippen LogP contribution < -0.4 is 19.9 Å². The van der Waals surface area contributed by atoms with Crippen LogP contribution in [-0.4, -0.2) is 27.1 Å². The fraction of sp³-hybridized carbons (Fsp3) is 0.167. The van der Waals surface area contributed by atoms with Gasteiger partial charge < -0.3 is 19.9 Å². The standard InChI is InChI=1S/C18H18BrNO4/c1-22-12-5-7-16(23-2)13(10-12)18(21)14(19)8-11-4-6-17(24-3)15(20)9-11/h4-10H,20H2,1-3H3. The van der Waals surface area contributed by atoms with E-state index in [9.17, 15) is 4.79 Å². The highest BCUT2D eigenvalue weighted by Crippen LogP contribution is 2.29. The van der Waals surface area contributed by atoms with E-state index in [-0.39, 0.29) is 5.78 Å². The molecule has 2 rings (SSSR count). The molecular formula is C18H18BrNO4. The van der Waals surface area contributed by atoms with Crippen LogP contribution in [0.2, 0.25) is 0 Å². The minimum atomic E-state index is -0.222. The number of Topliss-reactive ketones (excluding diaryl/α,β-unsaturated/α-hetero) is 1. The molecule has 0 aliphatic carbocycles. The Bertz CT molecular complexity index is 787. The molecule has 0 heterocycles. The summed E-state index contributed by atoms with van der Waals surface area (Å²) in [6.07, 6.45) is 1.69. The number of methoxy groups -OCH3 is 3. The highest BCUT2D eigenvalue weighted by Gasteiger charge is 2.16. The predicted molar refractivity (Wildman–Crippen MR) is 98.2 cm³/mol. The number of carbonyl (C=O) groups is 1. The topological polar surface area (TPSA) is 70.8 Å². The van der Waals surface area contributed by atoms with E-state index in [1.807, 2.05) is 6.07 Å². The smallest absolute Gasteiger partial charge is 0.203 e. The van der Waals surface area contributed by atoms with Crippen molar-refractivity contribution >= 4 is 33.5 Å². The van der Waals surface area contributed by atoms with E-state index in [4.69, 9.17) is 19.9 Å². The molecule has 5 nitrogen and oxygen atoms in total. The molecule has 0 spiro atoms. The third kappa shape index (κ3) is 3.89. The van der Waals surface area contributed by atoms with Crippen molar-refractivity contribution in [2.45, 2.75) is 0 Å². The summed E-state index contributed by atoms with van der Waals surface area (Å²) < 4.78 is 15.9. The number of ketones is 1. The van der Waals surface area contributed by atoms with E-state index >= 15 is 0 Å². The van der Waals surface area contributed by atoms with E-state index in [1.54, 1.807) is 50.6 Å². The van der Waals surface area contributed by atoms with Crippen molar-refractivity contribution in [3.05, 3.63) is 52.0 Å². The number of anilines is 1. The number of benzene rings is 2. The van der Waals surface area contributed by atoms with Gasteiger partial charge in [-0.1, -0.05) is 6.07 Å². The molecule has 2 N–H and O–H groups in total. The molecule has 126 valence electrons. The van der Waals surface area contributed by atoms with Crippen LogP contribution in [0.5, 0.6) is 17.2 Å². The molecule has 0 aliphatic heterocycles. The van der Waals surface area contributed by atoms with Gasteiger partial charge in [-0.3, -0.25) is 4.79 Å². The summed E-state index contributed by atoms with van der Waals surface area (Å²) in [6, 6.07) is 10.4. The molecular weight excluding hydrogens is 374 g/mol. The van der Waals surface area contributed by atoms with Gasteiger partial charge in [0.05, 0.1) is 37.1 Å². The number of allylic oxidation sites excluding steroid dienone is 1. The Morgan fingerprint density at radius 3 is 2.25 bits per heavy atom. The zero-order valence-corrected chi connectivity index (χ0v) is 15.2. The molecule has 0 radical (unpaired) electrons. The summed E-state index contributed by atoms with van der Waals surface area (Å²) in [4.78, 5) is 12.7. The second kappa shape index (κ2) is 7.88. The van der Waals surface area contributed by atoms with E-state index in [0.717, 1.165) is 5.56 Å². The van der Waals surface area contributed by atoms with Crippen molar-refractivity contribution in [3.63, 3.8) is 0 Å². The maximum absolute atomic E-state index is 12.7. The van der Waals surface area contributed by atoms with Crippen molar-refractivity contribution in [1.82, 2.24) is 0 Å². The number of rotatable bonds is 6. The first-order valence-electron chi connectivity index (χ1n) is 7.07. The van der Waals surface area contributed by atoms with Crippen molar-refractivity contribution in [2.24, 2.45) is 0 Å². The first kappa shape index (κ1) is 17.9. The van der Waals surface area contributed by atoms with Crippen LogP contribution >= 0.6 is 15.9 Å². The molecule has 2 aromatic carbocycles. The third-order valence-corrected chi connectivity index (χ3v) is 4.00. The summed E-state index contributed by atoms with van der Waals surface area (Å²) in [5, 5.41) is 0. The van der Waals surface area contributed by atoms with Crippen LogP contribution in [-0.2, 0) is 0 Å². The molecule has 0 aromatic heterocycles. The van der Waals surface area contributed by atoms with Gasteiger partial charge in [0.25, 0.3) is 0 Å². The Morgan fingerprint density at radius 2 is 1.67 bits per heavy atom. The maximum Gasteiger partial charge on any atom is 0.203 e. The maximum atomic E-state index is 12.7. The first-order chi connectivity index (χ1) is 11.5.